The topological polar surface area (TPSA) is 227 Å². The highest BCUT2D eigenvalue weighted by molar-refractivity contribution is 5.86. The Hall–Kier alpha value is -2.36. The summed E-state index contributed by atoms with van der Waals surface area (Å²) in [7, 11) is 0. The minimum Gasteiger partial charge on any atom is -0.460 e. The van der Waals surface area contributed by atoms with E-state index in [4.69, 9.17) is 24.1 Å². The van der Waals surface area contributed by atoms with E-state index in [1.54, 1.807) is 55.4 Å². The van der Waals surface area contributed by atoms with Crippen LogP contribution in [-0.4, -0.2) is 117 Å². The Morgan fingerprint density at radius 2 is 0.864 bits per heavy atom. The molecule has 44 heavy (non-hydrogen) atoms. The molecule has 12 unspecified atom stereocenters. The average Bonchev–Trinajstić information content (AvgIpc) is 3.03. The van der Waals surface area contributed by atoms with Crippen molar-refractivity contribution in [1.82, 2.24) is 0 Å². The summed E-state index contributed by atoms with van der Waals surface area (Å²) in [6.45, 7) is 11.8. The molecule has 0 amide bonds. The maximum atomic E-state index is 13.3. The zero-order valence-corrected chi connectivity index (χ0v) is 27.1. The Morgan fingerprint density at radius 3 is 1.23 bits per heavy atom. The fourth-order valence-electron chi connectivity index (χ4n) is 3.78. The van der Waals surface area contributed by atoms with Gasteiger partial charge < -0.3 is 49.6 Å². The van der Waals surface area contributed by atoms with Crippen LogP contribution in [0.1, 0.15) is 81.1 Å². The predicted octanol–water partition coefficient (Wildman–Crippen LogP) is 0.246. The standard InChI is InChI=1S/C30H54O14/c1-9-15(5)21(34)27(37)42-25(17(7)11-3)29(39)44-26(18(8)12-4)30(40)43-24(16(6)10-2)28(38)41-14-20(33)23(36)22(35)19(32)13-31/h15-26,31-36H,9-14H2,1-8H3. The number of ether oxygens (including phenoxy) is 4. The SMILES string of the molecule is CCC(C)C(O)C(=O)OC(C(=O)OC(C(=O)OC(C(=O)OCC(O)C(O)C(O)C(O)CO)C(C)CC)C(C)CC)C(C)CC. The number of carbonyl (C=O) groups is 4. The van der Waals surface area contributed by atoms with Crippen molar-refractivity contribution in [3.8, 4) is 0 Å². The molecule has 0 heterocycles. The van der Waals surface area contributed by atoms with Crippen LogP contribution >= 0.6 is 0 Å². The van der Waals surface area contributed by atoms with Gasteiger partial charge in [0.25, 0.3) is 0 Å². The Morgan fingerprint density at radius 1 is 0.523 bits per heavy atom. The van der Waals surface area contributed by atoms with Crippen LogP contribution in [0.25, 0.3) is 0 Å². The van der Waals surface area contributed by atoms with Crippen molar-refractivity contribution in [2.24, 2.45) is 23.7 Å². The third-order valence-electron chi connectivity index (χ3n) is 8.05. The zero-order chi connectivity index (χ0) is 34.3. The summed E-state index contributed by atoms with van der Waals surface area (Å²) in [6, 6.07) is 0. The molecule has 0 bridgehead atoms. The largest absolute Gasteiger partial charge is 0.460 e. The van der Waals surface area contributed by atoms with Crippen molar-refractivity contribution < 1.29 is 68.8 Å². The van der Waals surface area contributed by atoms with Crippen LogP contribution in [0, 0.1) is 23.7 Å². The minimum absolute atomic E-state index is 0.345. The van der Waals surface area contributed by atoms with E-state index < -0.39 is 110 Å². The molecule has 0 fully saturated rings. The first-order chi connectivity index (χ1) is 20.5. The van der Waals surface area contributed by atoms with Crippen molar-refractivity contribution in [1.29, 1.82) is 0 Å². The average molecular weight is 639 g/mol. The number of esters is 4. The van der Waals surface area contributed by atoms with Gasteiger partial charge in [-0.3, -0.25) is 0 Å². The van der Waals surface area contributed by atoms with Gasteiger partial charge in [0.15, 0.2) is 6.10 Å². The van der Waals surface area contributed by atoms with E-state index >= 15 is 0 Å². The Kier molecular flexibility index (Phi) is 19.5. The summed E-state index contributed by atoms with van der Waals surface area (Å²) in [5.41, 5.74) is 0. The van der Waals surface area contributed by atoms with Crippen LogP contribution in [-0.2, 0) is 38.1 Å². The summed E-state index contributed by atoms with van der Waals surface area (Å²) < 4.78 is 21.4. The molecule has 0 aromatic carbocycles. The summed E-state index contributed by atoms with van der Waals surface area (Å²) in [4.78, 5) is 52.1. The summed E-state index contributed by atoms with van der Waals surface area (Å²) >= 11 is 0. The van der Waals surface area contributed by atoms with Gasteiger partial charge in [-0.2, -0.15) is 0 Å². The lowest BCUT2D eigenvalue weighted by molar-refractivity contribution is -0.194. The highest BCUT2D eigenvalue weighted by Gasteiger charge is 2.40. The fraction of sp³-hybridized carbons (Fsp3) is 0.867. The fourth-order valence-corrected chi connectivity index (χ4v) is 3.78. The van der Waals surface area contributed by atoms with Crippen LogP contribution in [0.3, 0.4) is 0 Å². The second-order valence-corrected chi connectivity index (χ2v) is 11.5. The van der Waals surface area contributed by atoms with Gasteiger partial charge in [0.1, 0.15) is 31.0 Å². The molecule has 14 nitrogen and oxygen atoms in total. The van der Waals surface area contributed by atoms with Crippen molar-refractivity contribution in [3.63, 3.8) is 0 Å². The Balaban J connectivity index is 5.85. The number of aliphatic hydroxyl groups excluding tert-OH is 6. The first-order valence-electron chi connectivity index (χ1n) is 15.3. The quantitative estimate of drug-likeness (QED) is 0.0732. The summed E-state index contributed by atoms with van der Waals surface area (Å²) in [5.74, 6) is -6.29. The molecule has 0 spiro atoms. The highest BCUT2D eigenvalue weighted by Crippen LogP contribution is 2.23. The number of rotatable bonds is 21. The van der Waals surface area contributed by atoms with Gasteiger partial charge in [-0.15, -0.1) is 0 Å². The molecule has 0 radical (unpaired) electrons. The smallest absolute Gasteiger partial charge is 0.348 e. The van der Waals surface area contributed by atoms with Crippen molar-refractivity contribution >= 4 is 23.9 Å². The van der Waals surface area contributed by atoms with Crippen LogP contribution in [0.5, 0.6) is 0 Å². The van der Waals surface area contributed by atoms with Gasteiger partial charge in [0.05, 0.1) is 6.61 Å². The molecule has 6 N–H and O–H groups in total. The number of hydrogen-bond acceptors (Lipinski definition) is 14. The number of hydrogen-bond donors (Lipinski definition) is 6. The van der Waals surface area contributed by atoms with E-state index in [9.17, 15) is 44.7 Å². The van der Waals surface area contributed by atoms with E-state index in [0.717, 1.165) is 0 Å². The first-order valence-corrected chi connectivity index (χ1v) is 15.3. The second kappa shape index (κ2) is 20.6. The lowest BCUT2D eigenvalue weighted by Crippen LogP contribution is -2.48. The maximum Gasteiger partial charge on any atom is 0.348 e. The van der Waals surface area contributed by atoms with E-state index in [2.05, 4.69) is 0 Å². The molecule has 258 valence electrons. The summed E-state index contributed by atoms with van der Waals surface area (Å²) in [6.07, 6.45) is -11.8. The molecule has 12 atom stereocenters. The normalized spacial score (nSPS) is 19.9. The third kappa shape index (κ3) is 12.6. The molecule has 0 saturated carbocycles. The van der Waals surface area contributed by atoms with Gasteiger partial charge in [-0.1, -0.05) is 61.8 Å². The number of aliphatic hydroxyl groups is 6. The molecule has 0 aromatic heterocycles. The zero-order valence-electron chi connectivity index (χ0n) is 27.1. The first kappa shape index (κ1) is 41.6. The van der Waals surface area contributed by atoms with Crippen LogP contribution in [0.4, 0.5) is 0 Å². The van der Waals surface area contributed by atoms with Gasteiger partial charge >= 0.3 is 23.9 Å². The van der Waals surface area contributed by atoms with Crippen molar-refractivity contribution in [3.05, 3.63) is 0 Å². The van der Waals surface area contributed by atoms with Gasteiger partial charge in [0, 0.05) is 17.8 Å². The molecular formula is C30H54O14. The molecule has 0 aliphatic carbocycles. The number of carbonyl (C=O) groups excluding carboxylic acids is 4. The third-order valence-corrected chi connectivity index (χ3v) is 8.05. The Bertz CT molecular complexity index is 882. The van der Waals surface area contributed by atoms with E-state index in [-0.39, 0.29) is 0 Å². The molecule has 0 aromatic rings. The monoisotopic (exact) mass is 638 g/mol. The highest BCUT2D eigenvalue weighted by atomic mass is 16.6. The van der Waals surface area contributed by atoms with Gasteiger partial charge in [-0.05, 0) is 25.2 Å². The van der Waals surface area contributed by atoms with Crippen LogP contribution < -0.4 is 0 Å². The van der Waals surface area contributed by atoms with Crippen LogP contribution in [0.15, 0.2) is 0 Å². The van der Waals surface area contributed by atoms with Crippen molar-refractivity contribution in [2.75, 3.05) is 13.2 Å². The van der Waals surface area contributed by atoms with E-state index in [1.165, 1.54) is 0 Å². The molecule has 14 heteroatoms. The molecule has 0 aliphatic heterocycles. The minimum atomic E-state index is -1.97. The molecule has 0 saturated heterocycles. The van der Waals surface area contributed by atoms with E-state index in [1.807, 2.05) is 0 Å². The van der Waals surface area contributed by atoms with E-state index in [0.29, 0.717) is 25.7 Å². The molecule has 0 aliphatic rings. The second-order valence-electron chi connectivity index (χ2n) is 11.5. The maximum absolute atomic E-state index is 13.3. The van der Waals surface area contributed by atoms with Gasteiger partial charge in [-0.25, -0.2) is 19.2 Å². The lowest BCUT2D eigenvalue weighted by atomic mass is 9.98. The van der Waals surface area contributed by atoms with Crippen molar-refractivity contribution in [2.45, 2.75) is 130 Å². The molecule has 0 rings (SSSR count). The van der Waals surface area contributed by atoms with Gasteiger partial charge in [0.2, 0.25) is 18.3 Å². The molecular weight excluding hydrogens is 584 g/mol. The Labute approximate surface area is 259 Å². The predicted molar refractivity (Wildman–Crippen MR) is 156 cm³/mol. The summed E-state index contributed by atoms with van der Waals surface area (Å²) in [5, 5.41) is 58.5. The van der Waals surface area contributed by atoms with Crippen LogP contribution in [0.2, 0.25) is 0 Å². The lowest BCUT2D eigenvalue weighted by Gasteiger charge is -2.29.